The molecule has 5 heteroatoms. The summed E-state index contributed by atoms with van der Waals surface area (Å²) >= 11 is 0. The fourth-order valence-corrected chi connectivity index (χ4v) is 2.56. The predicted molar refractivity (Wildman–Crippen MR) is 65.0 cm³/mol. The molecule has 2 rings (SSSR count). The molecule has 98 valence electrons. The summed E-state index contributed by atoms with van der Waals surface area (Å²) in [6.45, 7) is 6.00. The molecule has 0 N–H and O–H groups in total. The van der Waals surface area contributed by atoms with Crippen molar-refractivity contribution in [2.24, 2.45) is 4.99 Å². The zero-order valence-electron chi connectivity index (χ0n) is 11.2. The Balaban J connectivity index is 2.15. The number of rotatable bonds is 3. The van der Waals surface area contributed by atoms with Gasteiger partial charge in [-0.05, 0) is 20.3 Å². The highest BCUT2D eigenvalue weighted by Gasteiger charge is 2.55. The number of hydrogen-bond acceptors (Lipinski definition) is 4. The van der Waals surface area contributed by atoms with E-state index in [9.17, 15) is 0 Å². The van der Waals surface area contributed by atoms with Crippen molar-refractivity contribution in [3.05, 3.63) is 0 Å². The van der Waals surface area contributed by atoms with Gasteiger partial charge in [0, 0.05) is 14.1 Å². The molecular formula is C12H22N2O3. The highest BCUT2D eigenvalue weighted by Crippen LogP contribution is 2.40. The topological polar surface area (TPSA) is 43.3 Å². The summed E-state index contributed by atoms with van der Waals surface area (Å²) < 4.78 is 17.8. The van der Waals surface area contributed by atoms with Crippen LogP contribution < -0.4 is 0 Å². The lowest BCUT2D eigenvalue weighted by atomic mass is 10.1. The van der Waals surface area contributed by atoms with E-state index in [1.54, 1.807) is 13.4 Å². The Kier molecular flexibility index (Phi) is 3.43. The Labute approximate surface area is 103 Å². The number of likely N-dealkylation sites (N-methyl/N-ethyl adjacent to an activating group) is 1. The van der Waals surface area contributed by atoms with Gasteiger partial charge >= 0.3 is 0 Å². The molecule has 5 nitrogen and oxygen atoms in total. The van der Waals surface area contributed by atoms with Crippen molar-refractivity contribution in [1.29, 1.82) is 0 Å². The van der Waals surface area contributed by atoms with Crippen LogP contribution in [-0.2, 0) is 14.2 Å². The van der Waals surface area contributed by atoms with Crippen LogP contribution in [0.5, 0.6) is 0 Å². The first kappa shape index (κ1) is 12.8. The third-order valence-corrected chi connectivity index (χ3v) is 3.23. The zero-order chi connectivity index (χ0) is 12.6. The molecule has 0 aromatic rings. The molecule has 0 spiro atoms. The van der Waals surface area contributed by atoms with E-state index >= 15 is 0 Å². The van der Waals surface area contributed by atoms with Crippen LogP contribution in [0.4, 0.5) is 0 Å². The maximum absolute atomic E-state index is 5.97. The summed E-state index contributed by atoms with van der Waals surface area (Å²) in [6.07, 6.45) is 2.64. The lowest BCUT2D eigenvalue weighted by Crippen LogP contribution is -2.41. The third-order valence-electron chi connectivity index (χ3n) is 3.23. The average Bonchev–Trinajstić information content (AvgIpc) is 2.71. The van der Waals surface area contributed by atoms with Crippen molar-refractivity contribution in [2.75, 3.05) is 14.1 Å². The lowest BCUT2D eigenvalue weighted by molar-refractivity contribution is -0.198. The number of nitrogens with zero attached hydrogens (tertiary/aromatic N) is 2. The first-order valence-electron chi connectivity index (χ1n) is 6.14. The van der Waals surface area contributed by atoms with Crippen LogP contribution in [0.25, 0.3) is 0 Å². The molecule has 0 radical (unpaired) electrons. The highest BCUT2D eigenvalue weighted by atomic mass is 16.8. The molecule has 4 unspecified atom stereocenters. The van der Waals surface area contributed by atoms with Gasteiger partial charge in [0.1, 0.15) is 12.2 Å². The van der Waals surface area contributed by atoms with Crippen LogP contribution in [0, 0.1) is 0 Å². The van der Waals surface area contributed by atoms with Gasteiger partial charge in [0.05, 0.1) is 12.4 Å². The highest BCUT2D eigenvalue weighted by molar-refractivity contribution is 5.54. The maximum atomic E-state index is 5.97. The molecule has 0 amide bonds. The Morgan fingerprint density at radius 2 is 1.94 bits per heavy atom. The number of aliphatic imine (C=N–C) groups is 1. The minimum absolute atomic E-state index is 0.0210. The van der Waals surface area contributed by atoms with E-state index < -0.39 is 5.79 Å². The molecule has 0 saturated carbocycles. The molecule has 2 saturated heterocycles. The molecule has 2 heterocycles. The molecule has 0 aromatic carbocycles. The van der Waals surface area contributed by atoms with Gasteiger partial charge in [-0.2, -0.15) is 0 Å². The van der Waals surface area contributed by atoms with Crippen LogP contribution in [0.2, 0.25) is 0 Å². The third kappa shape index (κ3) is 2.32. The second-order valence-electron chi connectivity index (χ2n) is 5.08. The van der Waals surface area contributed by atoms with Gasteiger partial charge < -0.3 is 19.1 Å². The van der Waals surface area contributed by atoms with Gasteiger partial charge in [-0.1, -0.05) is 6.92 Å². The molecule has 4 atom stereocenters. The van der Waals surface area contributed by atoms with Gasteiger partial charge in [-0.25, -0.2) is 0 Å². The molecule has 2 aliphatic rings. The van der Waals surface area contributed by atoms with Crippen molar-refractivity contribution in [2.45, 2.75) is 57.5 Å². The summed E-state index contributed by atoms with van der Waals surface area (Å²) in [4.78, 5) is 5.95. The molecule has 0 aromatic heterocycles. The van der Waals surface area contributed by atoms with Crippen LogP contribution in [0.1, 0.15) is 27.2 Å². The van der Waals surface area contributed by atoms with E-state index in [4.69, 9.17) is 14.2 Å². The summed E-state index contributed by atoms with van der Waals surface area (Å²) in [5.74, 6) is -0.519. The monoisotopic (exact) mass is 242 g/mol. The summed E-state index contributed by atoms with van der Waals surface area (Å²) in [5, 5.41) is 0. The van der Waals surface area contributed by atoms with E-state index in [-0.39, 0.29) is 24.5 Å². The van der Waals surface area contributed by atoms with E-state index in [0.29, 0.717) is 0 Å². The molecule has 0 bridgehead atoms. The van der Waals surface area contributed by atoms with Gasteiger partial charge in [0.2, 0.25) is 0 Å². The van der Waals surface area contributed by atoms with Crippen molar-refractivity contribution in [3.8, 4) is 0 Å². The van der Waals surface area contributed by atoms with E-state index in [0.717, 1.165) is 6.42 Å². The van der Waals surface area contributed by atoms with Gasteiger partial charge in [0.15, 0.2) is 12.0 Å². The van der Waals surface area contributed by atoms with Crippen LogP contribution in [-0.4, -0.2) is 55.7 Å². The second kappa shape index (κ2) is 4.55. The normalized spacial score (nSPS) is 39.8. The summed E-state index contributed by atoms with van der Waals surface area (Å²) in [5.41, 5.74) is 0. The van der Waals surface area contributed by atoms with E-state index in [1.165, 1.54) is 0 Å². The largest absolute Gasteiger partial charge is 0.349 e. The second-order valence-corrected chi connectivity index (χ2v) is 5.08. The Morgan fingerprint density at radius 3 is 2.53 bits per heavy atom. The number of hydrogen-bond donors (Lipinski definition) is 0. The Hall–Kier alpha value is -0.650. The fourth-order valence-electron chi connectivity index (χ4n) is 2.56. The quantitative estimate of drug-likeness (QED) is 0.551. The zero-order valence-corrected chi connectivity index (χ0v) is 11.2. The minimum Gasteiger partial charge on any atom is -0.349 e. The molecule has 0 aliphatic carbocycles. The molecular weight excluding hydrogens is 220 g/mol. The van der Waals surface area contributed by atoms with Crippen LogP contribution >= 0.6 is 0 Å². The minimum atomic E-state index is -0.519. The fraction of sp³-hybridized carbons (Fsp3) is 0.917. The number of ether oxygens (including phenoxy) is 3. The molecule has 2 fully saturated rings. The molecule has 17 heavy (non-hydrogen) atoms. The predicted octanol–water partition coefficient (Wildman–Crippen LogP) is 1.23. The van der Waals surface area contributed by atoms with E-state index in [2.05, 4.69) is 11.9 Å². The lowest BCUT2D eigenvalue weighted by Gasteiger charge is -2.28. The van der Waals surface area contributed by atoms with Crippen molar-refractivity contribution >= 4 is 6.34 Å². The first-order chi connectivity index (χ1) is 7.98. The average molecular weight is 242 g/mol. The Bertz CT molecular complexity index is 306. The van der Waals surface area contributed by atoms with Crippen LogP contribution in [0.15, 0.2) is 4.99 Å². The smallest absolute Gasteiger partial charge is 0.164 e. The van der Waals surface area contributed by atoms with Gasteiger partial charge in [-0.3, -0.25) is 4.99 Å². The molecule has 2 aliphatic heterocycles. The van der Waals surface area contributed by atoms with Gasteiger partial charge in [-0.15, -0.1) is 0 Å². The summed E-state index contributed by atoms with van der Waals surface area (Å²) in [7, 11) is 3.69. The van der Waals surface area contributed by atoms with Crippen LogP contribution in [0.3, 0.4) is 0 Å². The first-order valence-corrected chi connectivity index (χ1v) is 6.14. The summed E-state index contributed by atoms with van der Waals surface area (Å²) in [6, 6.07) is 0. The maximum Gasteiger partial charge on any atom is 0.164 e. The number of fused-ring (bicyclic) bond motifs is 1. The van der Waals surface area contributed by atoms with E-state index in [1.807, 2.05) is 25.8 Å². The SMILES string of the molecule is CCC1OC(N(C)C=NC)C2OC(C)(C)OC12. The van der Waals surface area contributed by atoms with Crippen molar-refractivity contribution < 1.29 is 14.2 Å². The Morgan fingerprint density at radius 1 is 1.29 bits per heavy atom. The standard InChI is InChI=1S/C12H22N2O3/c1-6-8-9-10(17-12(2,3)16-9)11(15-8)14(5)7-13-4/h7-11H,6H2,1-5H3. The van der Waals surface area contributed by atoms with Gasteiger partial charge in [0.25, 0.3) is 0 Å². The van der Waals surface area contributed by atoms with Crippen molar-refractivity contribution in [3.63, 3.8) is 0 Å². The van der Waals surface area contributed by atoms with Crippen molar-refractivity contribution in [1.82, 2.24) is 4.90 Å².